The lowest BCUT2D eigenvalue weighted by molar-refractivity contribution is -0.107. The number of amides is 2. The van der Waals surface area contributed by atoms with Crippen LogP contribution in [0.3, 0.4) is 0 Å². The first-order valence-corrected chi connectivity index (χ1v) is 10.2. The van der Waals surface area contributed by atoms with Crippen molar-refractivity contribution in [3.05, 3.63) is 47.1 Å². The Morgan fingerprint density at radius 3 is 2.96 bits per heavy atom. The molecule has 4 heterocycles. The highest BCUT2D eigenvalue weighted by molar-refractivity contribution is 7.03. The maximum absolute atomic E-state index is 12.5. The van der Waals surface area contributed by atoms with E-state index in [9.17, 15) is 9.59 Å². The van der Waals surface area contributed by atoms with Gasteiger partial charge in [-0.3, -0.25) is 14.5 Å². The summed E-state index contributed by atoms with van der Waals surface area (Å²) >= 11 is 1.29. The predicted octanol–water partition coefficient (Wildman–Crippen LogP) is 3.07. The lowest BCUT2D eigenvalue weighted by Gasteiger charge is -2.27. The molecule has 0 atom stereocenters. The van der Waals surface area contributed by atoms with Crippen molar-refractivity contribution in [2.45, 2.75) is 25.3 Å². The molecule has 142 valence electrons. The fourth-order valence-electron chi connectivity index (χ4n) is 3.69. The molecule has 28 heavy (non-hydrogen) atoms. The van der Waals surface area contributed by atoms with Gasteiger partial charge in [-0.25, -0.2) is 9.36 Å². The number of hydrogen-bond donors (Lipinski definition) is 1. The molecule has 1 saturated carbocycles. The third-order valence-corrected chi connectivity index (χ3v) is 5.94. The van der Waals surface area contributed by atoms with E-state index in [0.29, 0.717) is 24.5 Å². The van der Waals surface area contributed by atoms with Crippen LogP contribution in [0, 0.1) is 0 Å². The Kier molecular flexibility index (Phi) is 4.20. The first-order chi connectivity index (χ1) is 13.7. The molecule has 3 aromatic heterocycles. The van der Waals surface area contributed by atoms with Crippen LogP contribution in [0.15, 0.2) is 36.0 Å². The van der Waals surface area contributed by atoms with Gasteiger partial charge in [-0.15, -0.1) is 0 Å². The van der Waals surface area contributed by atoms with E-state index in [1.807, 2.05) is 23.2 Å². The molecule has 5 rings (SSSR count). The second kappa shape index (κ2) is 6.87. The summed E-state index contributed by atoms with van der Waals surface area (Å²) in [6, 6.07) is 4.28. The van der Waals surface area contributed by atoms with E-state index >= 15 is 0 Å². The Morgan fingerprint density at radius 1 is 1.39 bits per heavy atom. The Hall–Kier alpha value is -3.00. The molecule has 0 bridgehead atoms. The second-order valence-electron chi connectivity index (χ2n) is 7.16. The maximum atomic E-state index is 12.5. The molecule has 2 amide bonds. The Morgan fingerprint density at radius 2 is 2.29 bits per heavy atom. The van der Waals surface area contributed by atoms with Crippen LogP contribution < -0.4 is 4.90 Å². The van der Waals surface area contributed by atoms with Crippen molar-refractivity contribution in [1.82, 2.24) is 19.2 Å². The van der Waals surface area contributed by atoms with E-state index in [2.05, 4.69) is 20.4 Å². The number of nitrogens with zero attached hydrogens (tertiary/aromatic N) is 4. The van der Waals surface area contributed by atoms with Crippen LogP contribution in [0.1, 0.15) is 35.2 Å². The van der Waals surface area contributed by atoms with Gasteiger partial charge in [-0.2, -0.15) is 0 Å². The minimum absolute atomic E-state index is 0.0205. The lowest BCUT2D eigenvalue weighted by atomic mass is 9.97. The molecular weight excluding hydrogens is 374 g/mol. The highest BCUT2D eigenvalue weighted by atomic mass is 32.1. The normalized spacial score (nSPS) is 16.9. The van der Waals surface area contributed by atoms with Crippen molar-refractivity contribution >= 4 is 46.3 Å². The van der Waals surface area contributed by atoms with Crippen LogP contribution >= 0.6 is 11.5 Å². The summed E-state index contributed by atoms with van der Waals surface area (Å²) in [6.07, 6.45) is 9.29. The summed E-state index contributed by atoms with van der Waals surface area (Å²) < 4.78 is 4.02. The van der Waals surface area contributed by atoms with Gasteiger partial charge >= 0.3 is 0 Å². The summed E-state index contributed by atoms with van der Waals surface area (Å²) in [5.41, 5.74) is 3.69. The van der Waals surface area contributed by atoms with Gasteiger partial charge in [0, 0.05) is 36.1 Å². The van der Waals surface area contributed by atoms with Crippen LogP contribution in [0.2, 0.25) is 0 Å². The minimum Gasteiger partial charge on any atom is -0.346 e. The Labute approximate surface area is 165 Å². The van der Waals surface area contributed by atoms with Gasteiger partial charge in [0.1, 0.15) is 11.5 Å². The van der Waals surface area contributed by atoms with E-state index in [4.69, 9.17) is 0 Å². The second-order valence-corrected chi connectivity index (χ2v) is 7.81. The molecule has 1 N–H and O–H groups in total. The highest BCUT2D eigenvalue weighted by Crippen LogP contribution is 2.35. The zero-order valence-electron chi connectivity index (χ0n) is 15.2. The van der Waals surface area contributed by atoms with Crippen molar-refractivity contribution < 1.29 is 9.59 Å². The van der Waals surface area contributed by atoms with Gasteiger partial charge in [-0.1, -0.05) is 6.08 Å². The smallest absolute Gasteiger partial charge is 0.256 e. The Bertz CT molecular complexity index is 1070. The third-order valence-electron chi connectivity index (χ3n) is 5.36. The van der Waals surface area contributed by atoms with E-state index < -0.39 is 0 Å². The quantitative estimate of drug-likeness (QED) is 0.676. The zero-order chi connectivity index (χ0) is 19.1. The summed E-state index contributed by atoms with van der Waals surface area (Å²) in [7, 11) is 0. The third kappa shape index (κ3) is 2.99. The van der Waals surface area contributed by atoms with Crippen molar-refractivity contribution in [3.63, 3.8) is 0 Å². The largest absolute Gasteiger partial charge is 0.346 e. The maximum Gasteiger partial charge on any atom is 0.256 e. The van der Waals surface area contributed by atoms with E-state index in [1.54, 1.807) is 16.5 Å². The van der Waals surface area contributed by atoms with Gasteiger partial charge in [0.25, 0.3) is 5.91 Å². The van der Waals surface area contributed by atoms with Crippen molar-refractivity contribution in [2.24, 2.45) is 0 Å². The molecule has 3 aromatic rings. The molecule has 0 saturated heterocycles. The average Bonchev–Trinajstić information content (AvgIpc) is 3.21. The number of hydrogen-bond acceptors (Lipinski definition) is 5. The number of aromatic nitrogens is 3. The number of aromatic amines is 1. The van der Waals surface area contributed by atoms with Crippen molar-refractivity contribution in [3.8, 4) is 0 Å². The lowest BCUT2D eigenvalue weighted by Crippen LogP contribution is -2.34. The first kappa shape index (κ1) is 17.1. The summed E-state index contributed by atoms with van der Waals surface area (Å²) in [4.78, 5) is 35.5. The topological polar surface area (TPSA) is 82.2 Å². The molecular formula is C20H19N5O2S. The van der Waals surface area contributed by atoms with E-state index in [1.165, 1.54) is 17.1 Å². The van der Waals surface area contributed by atoms with Crippen molar-refractivity contribution in [1.29, 1.82) is 0 Å². The van der Waals surface area contributed by atoms with Crippen LogP contribution in [-0.2, 0) is 4.79 Å². The summed E-state index contributed by atoms with van der Waals surface area (Å²) in [5, 5.41) is 2.82. The predicted molar refractivity (Wildman–Crippen MR) is 108 cm³/mol. The number of rotatable bonds is 5. The summed E-state index contributed by atoms with van der Waals surface area (Å²) in [6.45, 7) is 1.22. The average molecular weight is 393 g/mol. The number of nitrogens with one attached hydrogen (secondary N) is 1. The highest BCUT2D eigenvalue weighted by Gasteiger charge is 2.31. The molecule has 7 nitrogen and oxygen atoms in total. The first-order valence-electron chi connectivity index (χ1n) is 9.34. The fraction of sp³-hybridized carbons (Fsp3) is 0.300. The zero-order valence-corrected chi connectivity index (χ0v) is 16.0. The van der Waals surface area contributed by atoms with Crippen LogP contribution in [0.25, 0.3) is 16.6 Å². The van der Waals surface area contributed by atoms with Gasteiger partial charge in [-0.05, 0) is 54.1 Å². The molecule has 1 aliphatic heterocycles. The Balaban J connectivity index is 1.46. The monoisotopic (exact) mass is 393 g/mol. The number of H-pyrrole nitrogens is 1. The molecule has 8 heteroatoms. The van der Waals surface area contributed by atoms with Crippen LogP contribution in [-0.4, -0.2) is 50.7 Å². The fourth-order valence-corrected chi connectivity index (χ4v) is 4.20. The SMILES string of the molecule is O=CN(c1cc(C2=CCN(C(=O)c3cnsc3)CC2)c2cc[nH]c2n1)C1CC1. The number of carbonyl (C=O) groups excluding carboxylic acids is 2. The molecule has 0 radical (unpaired) electrons. The van der Waals surface area contributed by atoms with E-state index in [0.717, 1.165) is 42.3 Å². The van der Waals surface area contributed by atoms with Gasteiger partial charge in [0.15, 0.2) is 0 Å². The number of carbonyl (C=O) groups is 2. The number of fused-ring (bicyclic) bond motifs is 1. The minimum atomic E-state index is 0.0205. The molecule has 1 fully saturated rings. The van der Waals surface area contributed by atoms with Crippen LogP contribution in [0.4, 0.5) is 5.82 Å². The standard InChI is InChI=1S/C20H19N5O2S/c26-12-25(15-1-2-15)18-9-17(16-3-6-21-19(16)23-18)13-4-7-24(8-5-13)20(27)14-10-22-28-11-14/h3-4,6,9-12,15H,1-2,5,7-8H2,(H,21,23). The molecule has 1 aliphatic carbocycles. The number of anilines is 1. The van der Waals surface area contributed by atoms with Crippen LogP contribution in [0.5, 0.6) is 0 Å². The number of pyridine rings is 1. The molecule has 0 aromatic carbocycles. The van der Waals surface area contributed by atoms with Gasteiger partial charge in [0.2, 0.25) is 6.41 Å². The van der Waals surface area contributed by atoms with Crippen molar-refractivity contribution in [2.75, 3.05) is 18.0 Å². The van der Waals surface area contributed by atoms with Gasteiger partial charge < -0.3 is 9.88 Å². The molecule has 0 unspecified atom stereocenters. The van der Waals surface area contributed by atoms with Gasteiger partial charge in [0.05, 0.1) is 11.8 Å². The molecule has 0 spiro atoms. The van der Waals surface area contributed by atoms with E-state index in [-0.39, 0.29) is 11.9 Å². The molecule has 2 aliphatic rings. The summed E-state index contributed by atoms with van der Waals surface area (Å²) in [5.74, 6) is 0.707.